The normalized spacial score (nSPS) is 14.2. The summed E-state index contributed by atoms with van der Waals surface area (Å²) in [4.78, 5) is 4.74. The molecule has 0 bridgehead atoms. The molecular formula is C16H20N2O2S. The Hall–Kier alpha value is -1.59. The lowest BCUT2D eigenvalue weighted by molar-refractivity contribution is 0.171. The Bertz CT molecular complexity index is 635. The summed E-state index contributed by atoms with van der Waals surface area (Å²) in [5.41, 5.74) is 8.09. The van der Waals surface area contributed by atoms with E-state index in [1.807, 2.05) is 18.2 Å². The van der Waals surface area contributed by atoms with Crippen LogP contribution in [0.15, 0.2) is 23.6 Å². The van der Waals surface area contributed by atoms with Crippen molar-refractivity contribution in [1.82, 2.24) is 4.98 Å². The Balaban J connectivity index is 1.93. The van der Waals surface area contributed by atoms with Gasteiger partial charge in [0.25, 0.3) is 0 Å². The van der Waals surface area contributed by atoms with Gasteiger partial charge in [0.05, 0.1) is 11.2 Å². The lowest BCUT2D eigenvalue weighted by atomic mass is 9.95. The first-order chi connectivity index (χ1) is 10.2. The fourth-order valence-corrected chi connectivity index (χ4v) is 3.48. The van der Waals surface area contributed by atoms with Gasteiger partial charge in [-0.1, -0.05) is 13.8 Å². The zero-order valence-electron chi connectivity index (χ0n) is 12.4. The van der Waals surface area contributed by atoms with E-state index in [0.29, 0.717) is 13.2 Å². The molecule has 1 aromatic heterocycles. The highest BCUT2D eigenvalue weighted by molar-refractivity contribution is 7.10. The average molecular weight is 304 g/mol. The number of nitrogens with two attached hydrogens (primary N) is 1. The van der Waals surface area contributed by atoms with Crippen LogP contribution < -0.4 is 15.2 Å². The molecule has 0 spiro atoms. The molecule has 21 heavy (non-hydrogen) atoms. The third-order valence-electron chi connectivity index (χ3n) is 4.03. The first-order valence-electron chi connectivity index (χ1n) is 7.31. The molecule has 0 aliphatic carbocycles. The number of hydrogen-bond acceptors (Lipinski definition) is 5. The summed E-state index contributed by atoms with van der Waals surface area (Å²) >= 11 is 1.63. The molecule has 0 atom stereocenters. The second-order valence-electron chi connectivity index (χ2n) is 5.26. The molecule has 2 aromatic rings. The highest BCUT2D eigenvalue weighted by Gasteiger charge is 2.27. The van der Waals surface area contributed by atoms with Gasteiger partial charge >= 0.3 is 0 Å². The van der Waals surface area contributed by atoms with Gasteiger partial charge in [-0.05, 0) is 31.0 Å². The minimum Gasteiger partial charge on any atom is -0.486 e. The molecule has 0 amide bonds. The standard InChI is InChI=1S/C16H20N2O2S/c1-3-16(17,4-2)15-18-12(10-21-15)11-5-6-13-14(9-11)20-8-7-19-13/h5-6,9-10H,3-4,7-8,17H2,1-2H3. The fraction of sp³-hybridized carbons (Fsp3) is 0.438. The average Bonchev–Trinajstić information content (AvgIpc) is 3.04. The van der Waals surface area contributed by atoms with Crippen molar-refractivity contribution in [2.24, 2.45) is 5.73 Å². The van der Waals surface area contributed by atoms with E-state index in [4.69, 9.17) is 20.2 Å². The van der Waals surface area contributed by atoms with Crippen molar-refractivity contribution in [3.05, 3.63) is 28.6 Å². The highest BCUT2D eigenvalue weighted by Crippen LogP contribution is 2.36. The largest absolute Gasteiger partial charge is 0.486 e. The van der Waals surface area contributed by atoms with Crippen LogP contribution in [0.3, 0.4) is 0 Å². The molecule has 2 heterocycles. The third kappa shape index (κ3) is 2.63. The van der Waals surface area contributed by atoms with Gasteiger partial charge in [-0.15, -0.1) is 11.3 Å². The zero-order chi connectivity index (χ0) is 14.9. The predicted molar refractivity (Wildman–Crippen MR) is 85.0 cm³/mol. The van der Waals surface area contributed by atoms with E-state index in [0.717, 1.165) is 40.6 Å². The van der Waals surface area contributed by atoms with Crippen LogP contribution in [-0.4, -0.2) is 18.2 Å². The molecule has 0 saturated heterocycles. The van der Waals surface area contributed by atoms with Crippen molar-refractivity contribution < 1.29 is 9.47 Å². The summed E-state index contributed by atoms with van der Waals surface area (Å²) in [6.45, 7) is 5.41. The summed E-state index contributed by atoms with van der Waals surface area (Å²) in [5.74, 6) is 1.59. The molecule has 2 N–H and O–H groups in total. The van der Waals surface area contributed by atoms with Crippen LogP contribution in [-0.2, 0) is 5.54 Å². The van der Waals surface area contributed by atoms with E-state index in [-0.39, 0.29) is 5.54 Å². The number of nitrogens with zero attached hydrogens (tertiary/aromatic N) is 1. The molecule has 1 aliphatic heterocycles. The van der Waals surface area contributed by atoms with E-state index in [1.165, 1.54) is 0 Å². The molecule has 112 valence electrons. The van der Waals surface area contributed by atoms with Crippen molar-refractivity contribution in [1.29, 1.82) is 0 Å². The molecule has 3 rings (SSSR count). The monoisotopic (exact) mass is 304 g/mol. The molecule has 0 unspecified atom stereocenters. The van der Waals surface area contributed by atoms with Crippen LogP contribution in [0.4, 0.5) is 0 Å². The number of ether oxygens (including phenoxy) is 2. The minimum atomic E-state index is -0.323. The zero-order valence-corrected chi connectivity index (χ0v) is 13.2. The van der Waals surface area contributed by atoms with Crippen LogP contribution in [0.25, 0.3) is 11.3 Å². The van der Waals surface area contributed by atoms with E-state index in [9.17, 15) is 0 Å². The number of thiazole rings is 1. The lowest BCUT2D eigenvalue weighted by Crippen LogP contribution is -2.34. The van der Waals surface area contributed by atoms with Crippen LogP contribution >= 0.6 is 11.3 Å². The first kappa shape index (κ1) is 14.4. The van der Waals surface area contributed by atoms with Crippen molar-refractivity contribution in [3.8, 4) is 22.8 Å². The third-order valence-corrected chi connectivity index (χ3v) is 5.09. The predicted octanol–water partition coefficient (Wildman–Crippen LogP) is 3.56. The summed E-state index contributed by atoms with van der Waals surface area (Å²) in [6, 6.07) is 5.95. The van der Waals surface area contributed by atoms with Gasteiger partial charge in [0.2, 0.25) is 0 Å². The van der Waals surface area contributed by atoms with Crippen molar-refractivity contribution >= 4 is 11.3 Å². The fourth-order valence-electron chi connectivity index (χ4n) is 2.39. The topological polar surface area (TPSA) is 57.4 Å². The van der Waals surface area contributed by atoms with Gasteiger partial charge in [-0.3, -0.25) is 0 Å². The van der Waals surface area contributed by atoms with Crippen molar-refractivity contribution in [3.63, 3.8) is 0 Å². The molecule has 0 fully saturated rings. The Labute approximate surface area is 128 Å². The van der Waals surface area contributed by atoms with Crippen molar-refractivity contribution in [2.45, 2.75) is 32.2 Å². The van der Waals surface area contributed by atoms with Gasteiger partial charge in [0.15, 0.2) is 11.5 Å². The Morgan fingerprint density at radius 2 is 1.90 bits per heavy atom. The molecule has 4 nitrogen and oxygen atoms in total. The highest BCUT2D eigenvalue weighted by atomic mass is 32.1. The van der Waals surface area contributed by atoms with Crippen LogP contribution in [0, 0.1) is 0 Å². The van der Waals surface area contributed by atoms with E-state index >= 15 is 0 Å². The van der Waals surface area contributed by atoms with Crippen LogP contribution in [0.2, 0.25) is 0 Å². The number of rotatable bonds is 4. The number of benzene rings is 1. The molecule has 1 aromatic carbocycles. The van der Waals surface area contributed by atoms with E-state index < -0.39 is 0 Å². The number of aromatic nitrogens is 1. The quantitative estimate of drug-likeness (QED) is 0.938. The molecule has 0 saturated carbocycles. The van der Waals surface area contributed by atoms with Gasteiger partial charge in [-0.25, -0.2) is 4.98 Å². The second-order valence-corrected chi connectivity index (χ2v) is 6.12. The van der Waals surface area contributed by atoms with Crippen LogP contribution in [0.1, 0.15) is 31.7 Å². The molecular weight excluding hydrogens is 284 g/mol. The minimum absolute atomic E-state index is 0.323. The molecule has 1 aliphatic rings. The Kier molecular flexibility index (Phi) is 3.87. The molecule has 0 radical (unpaired) electrons. The number of fused-ring (bicyclic) bond motifs is 1. The van der Waals surface area contributed by atoms with Crippen molar-refractivity contribution in [2.75, 3.05) is 13.2 Å². The smallest absolute Gasteiger partial charge is 0.162 e. The van der Waals surface area contributed by atoms with E-state index in [1.54, 1.807) is 11.3 Å². The number of hydrogen-bond donors (Lipinski definition) is 1. The maximum absolute atomic E-state index is 6.42. The maximum atomic E-state index is 6.42. The first-order valence-corrected chi connectivity index (χ1v) is 8.19. The molecule has 5 heteroatoms. The Morgan fingerprint density at radius 1 is 1.19 bits per heavy atom. The summed E-state index contributed by atoms with van der Waals surface area (Å²) < 4.78 is 11.2. The van der Waals surface area contributed by atoms with Gasteiger partial charge < -0.3 is 15.2 Å². The van der Waals surface area contributed by atoms with Crippen LogP contribution in [0.5, 0.6) is 11.5 Å². The Morgan fingerprint density at radius 3 is 2.62 bits per heavy atom. The summed E-state index contributed by atoms with van der Waals surface area (Å²) in [5, 5.41) is 3.06. The second kappa shape index (κ2) is 5.66. The summed E-state index contributed by atoms with van der Waals surface area (Å²) in [6.07, 6.45) is 1.77. The SMILES string of the molecule is CCC(N)(CC)c1nc(-c2ccc3c(c2)OCCO3)cs1. The van der Waals surface area contributed by atoms with Gasteiger partial charge in [0, 0.05) is 10.9 Å². The van der Waals surface area contributed by atoms with Gasteiger partial charge in [0.1, 0.15) is 18.2 Å². The van der Waals surface area contributed by atoms with Gasteiger partial charge in [-0.2, -0.15) is 0 Å². The van der Waals surface area contributed by atoms with E-state index in [2.05, 4.69) is 19.2 Å². The summed E-state index contributed by atoms with van der Waals surface area (Å²) in [7, 11) is 0. The maximum Gasteiger partial charge on any atom is 0.162 e. The lowest BCUT2D eigenvalue weighted by Gasteiger charge is -2.23.